The number of nitriles is 1. The fourth-order valence-corrected chi connectivity index (χ4v) is 2.34. The minimum atomic E-state index is -0.372. The highest BCUT2D eigenvalue weighted by Crippen LogP contribution is 2.23. The SMILES string of the molecule is CC(N)C(c1ccccn1)N1CCOC(C#N)C1. The molecule has 3 atom stereocenters. The monoisotopic (exact) mass is 246 g/mol. The van der Waals surface area contributed by atoms with Crippen LogP contribution in [0.3, 0.4) is 0 Å². The van der Waals surface area contributed by atoms with Gasteiger partial charge in [0.15, 0.2) is 6.10 Å². The summed E-state index contributed by atoms with van der Waals surface area (Å²) in [6.07, 6.45) is 1.40. The molecular formula is C13H18N4O. The van der Waals surface area contributed by atoms with E-state index in [2.05, 4.69) is 16.0 Å². The maximum absolute atomic E-state index is 8.95. The van der Waals surface area contributed by atoms with Gasteiger partial charge in [0.25, 0.3) is 0 Å². The van der Waals surface area contributed by atoms with Crippen LogP contribution >= 0.6 is 0 Å². The van der Waals surface area contributed by atoms with Crippen LogP contribution in [0.5, 0.6) is 0 Å². The lowest BCUT2D eigenvalue weighted by atomic mass is 10.0. The fourth-order valence-electron chi connectivity index (χ4n) is 2.34. The normalized spacial score (nSPS) is 24.2. The molecule has 0 spiro atoms. The molecule has 18 heavy (non-hydrogen) atoms. The molecule has 3 unspecified atom stereocenters. The maximum atomic E-state index is 8.95. The van der Waals surface area contributed by atoms with E-state index in [0.717, 1.165) is 12.2 Å². The molecule has 1 aliphatic rings. The van der Waals surface area contributed by atoms with Crippen LogP contribution in [-0.2, 0) is 4.74 Å². The van der Waals surface area contributed by atoms with E-state index in [1.165, 1.54) is 0 Å². The minimum Gasteiger partial charge on any atom is -0.361 e. The van der Waals surface area contributed by atoms with E-state index in [-0.39, 0.29) is 18.2 Å². The summed E-state index contributed by atoms with van der Waals surface area (Å²) < 4.78 is 5.36. The van der Waals surface area contributed by atoms with E-state index >= 15 is 0 Å². The Morgan fingerprint density at radius 2 is 2.44 bits per heavy atom. The van der Waals surface area contributed by atoms with Crippen molar-refractivity contribution >= 4 is 0 Å². The Kier molecular flexibility index (Phi) is 4.26. The van der Waals surface area contributed by atoms with Gasteiger partial charge in [0.05, 0.1) is 24.4 Å². The first kappa shape index (κ1) is 13.0. The topological polar surface area (TPSA) is 75.2 Å². The van der Waals surface area contributed by atoms with Crippen molar-refractivity contribution in [3.8, 4) is 6.07 Å². The molecule has 1 aromatic rings. The molecule has 1 aromatic heterocycles. The van der Waals surface area contributed by atoms with E-state index in [1.54, 1.807) is 6.20 Å². The van der Waals surface area contributed by atoms with Crippen LogP contribution in [-0.4, -0.2) is 41.7 Å². The lowest BCUT2D eigenvalue weighted by Gasteiger charge is -2.37. The van der Waals surface area contributed by atoms with E-state index in [0.29, 0.717) is 13.2 Å². The second kappa shape index (κ2) is 5.91. The summed E-state index contributed by atoms with van der Waals surface area (Å²) in [7, 11) is 0. The first-order valence-electron chi connectivity index (χ1n) is 6.14. The Labute approximate surface area is 107 Å². The van der Waals surface area contributed by atoms with Crippen molar-refractivity contribution in [2.75, 3.05) is 19.7 Å². The number of nitrogens with two attached hydrogens (primary N) is 1. The van der Waals surface area contributed by atoms with Crippen LogP contribution < -0.4 is 5.73 Å². The van der Waals surface area contributed by atoms with Gasteiger partial charge in [-0.2, -0.15) is 5.26 Å². The van der Waals surface area contributed by atoms with Gasteiger partial charge in [0.1, 0.15) is 0 Å². The molecule has 0 aromatic carbocycles. The largest absolute Gasteiger partial charge is 0.361 e. The predicted octanol–water partition coefficient (Wildman–Crippen LogP) is 0.694. The summed E-state index contributed by atoms with van der Waals surface area (Å²) >= 11 is 0. The van der Waals surface area contributed by atoms with Crippen LogP contribution in [0.2, 0.25) is 0 Å². The van der Waals surface area contributed by atoms with E-state index < -0.39 is 0 Å². The van der Waals surface area contributed by atoms with E-state index in [9.17, 15) is 0 Å². The number of ether oxygens (including phenoxy) is 1. The predicted molar refractivity (Wildman–Crippen MR) is 67.6 cm³/mol. The Bertz CT molecular complexity index is 415. The molecule has 96 valence electrons. The van der Waals surface area contributed by atoms with Gasteiger partial charge < -0.3 is 10.5 Å². The number of morpholine rings is 1. The number of aromatic nitrogens is 1. The third-order valence-corrected chi connectivity index (χ3v) is 3.12. The Morgan fingerprint density at radius 1 is 1.61 bits per heavy atom. The van der Waals surface area contributed by atoms with Crippen molar-refractivity contribution in [1.29, 1.82) is 5.26 Å². The van der Waals surface area contributed by atoms with Crippen molar-refractivity contribution in [2.45, 2.75) is 25.1 Å². The van der Waals surface area contributed by atoms with Gasteiger partial charge in [-0.05, 0) is 19.1 Å². The highest BCUT2D eigenvalue weighted by Gasteiger charge is 2.30. The molecule has 1 aliphatic heterocycles. The number of hydrogen-bond donors (Lipinski definition) is 1. The van der Waals surface area contributed by atoms with E-state index in [1.807, 2.05) is 25.1 Å². The molecule has 2 heterocycles. The summed E-state index contributed by atoms with van der Waals surface area (Å²) in [5.74, 6) is 0. The zero-order chi connectivity index (χ0) is 13.0. The third-order valence-electron chi connectivity index (χ3n) is 3.12. The Balaban J connectivity index is 2.18. The second-order valence-corrected chi connectivity index (χ2v) is 4.54. The van der Waals surface area contributed by atoms with Crippen molar-refractivity contribution in [2.24, 2.45) is 5.73 Å². The molecule has 1 saturated heterocycles. The third kappa shape index (κ3) is 2.85. The van der Waals surface area contributed by atoms with E-state index in [4.69, 9.17) is 15.7 Å². The quantitative estimate of drug-likeness (QED) is 0.849. The number of nitrogens with zero attached hydrogens (tertiary/aromatic N) is 3. The second-order valence-electron chi connectivity index (χ2n) is 4.54. The van der Waals surface area contributed by atoms with Gasteiger partial charge in [-0.3, -0.25) is 9.88 Å². The van der Waals surface area contributed by atoms with Gasteiger partial charge >= 0.3 is 0 Å². The van der Waals surface area contributed by atoms with Crippen LogP contribution in [0.1, 0.15) is 18.7 Å². The molecule has 5 nitrogen and oxygen atoms in total. The van der Waals surface area contributed by atoms with Gasteiger partial charge in [0, 0.05) is 25.3 Å². The molecular weight excluding hydrogens is 228 g/mol. The molecule has 0 amide bonds. The molecule has 2 N–H and O–H groups in total. The first-order valence-corrected chi connectivity index (χ1v) is 6.14. The van der Waals surface area contributed by atoms with Gasteiger partial charge in [-0.15, -0.1) is 0 Å². The number of hydrogen-bond acceptors (Lipinski definition) is 5. The highest BCUT2D eigenvalue weighted by molar-refractivity contribution is 5.12. The number of pyridine rings is 1. The van der Waals surface area contributed by atoms with Gasteiger partial charge in [0.2, 0.25) is 0 Å². The zero-order valence-electron chi connectivity index (χ0n) is 10.5. The molecule has 0 saturated carbocycles. The smallest absolute Gasteiger partial charge is 0.156 e. The molecule has 0 aliphatic carbocycles. The summed E-state index contributed by atoms with van der Waals surface area (Å²) in [5.41, 5.74) is 7.03. The molecule has 5 heteroatoms. The van der Waals surface area contributed by atoms with Crippen LogP contribution in [0, 0.1) is 11.3 Å². The van der Waals surface area contributed by atoms with Crippen LogP contribution in [0.4, 0.5) is 0 Å². The maximum Gasteiger partial charge on any atom is 0.156 e. The highest BCUT2D eigenvalue weighted by atomic mass is 16.5. The van der Waals surface area contributed by atoms with Crippen LogP contribution in [0.25, 0.3) is 0 Å². The Morgan fingerprint density at radius 3 is 3.06 bits per heavy atom. The van der Waals surface area contributed by atoms with Crippen molar-refractivity contribution in [3.05, 3.63) is 30.1 Å². The van der Waals surface area contributed by atoms with Crippen molar-refractivity contribution in [1.82, 2.24) is 9.88 Å². The molecule has 1 fully saturated rings. The lowest BCUT2D eigenvalue weighted by molar-refractivity contribution is -0.0217. The summed E-state index contributed by atoms with van der Waals surface area (Å²) in [6, 6.07) is 7.97. The van der Waals surface area contributed by atoms with Gasteiger partial charge in [-0.25, -0.2) is 0 Å². The molecule has 0 bridgehead atoms. The zero-order valence-corrected chi connectivity index (χ0v) is 10.5. The lowest BCUT2D eigenvalue weighted by Crippen LogP contribution is -2.48. The average molecular weight is 246 g/mol. The van der Waals surface area contributed by atoms with Crippen LogP contribution in [0.15, 0.2) is 24.4 Å². The van der Waals surface area contributed by atoms with Crippen molar-refractivity contribution in [3.63, 3.8) is 0 Å². The molecule has 2 rings (SSSR count). The minimum absolute atomic E-state index is 0.0333. The Hall–Kier alpha value is -1.48. The summed E-state index contributed by atoms with van der Waals surface area (Å²) in [5, 5.41) is 8.95. The summed E-state index contributed by atoms with van der Waals surface area (Å²) in [4.78, 5) is 6.57. The van der Waals surface area contributed by atoms with Crippen molar-refractivity contribution < 1.29 is 4.74 Å². The fraction of sp³-hybridized carbons (Fsp3) is 0.538. The first-order chi connectivity index (χ1) is 8.72. The van der Waals surface area contributed by atoms with Gasteiger partial charge in [-0.1, -0.05) is 6.07 Å². The standard InChI is InChI=1S/C13H18N4O/c1-10(15)13(12-4-2-3-5-16-12)17-6-7-18-11(8-14)9-17/h2-5,10-11,13H,6-7,9,15H2,1H3. The summed E-state index contributed by atoms with van der Waals surface area (Å²) in [6.45, 7) is 3.89. The molecule has 0 radical (unpaired) electrons. The number of rotatable bonds is 3. The average Bonchev–Trinajstić information content (AvgIpc) is 2.40.